The number of anilines is 3. The van der Waals surface area contributed by atoms with Gasteiger partial charge in [0.15, 0.2) is 21.4 Å². The summed E-state index contributed by atoms with van der Waals surface area (Å²) >= 11 is 0. The maximum atomic E-state index is 16.6. The highest BCUT2D eigenvalue weighted by Crippen LogP contribution is 2.38. The fraction of sp³-hybridized carbons (Fsp3) is 0.486. The van der Waals surface area contributed by atoms with Crippen LogP contribution in [0.1, 0.15) is 79.1 Å². The lowest BCUT2D eigenvalue weighted by Gasteiger charge is -2.28. The molecule has 0 saturated carbocycles. The maximum Gasteiger partial charge on any atom is 0.412 e. The van der Waals surface area contributed by atoms with E-state index in [-0.39, 0.29) is 34.8 Å². The molecule has 0 radical (unpaired) electrons. The summed E-state index contributed by atoms with van der Waals surface area (Å²) in [4.78, 5) is 36.6. The highest BCUT2D eigenvalue weighted by molar-refractivity contribution is 6.32. The van der Waals surface area contributed by atoms with Crippen molar-refractivity contribution >= 4 is 49.9 Å². The van der Waals surface area contributed by atoms with Crippen LogP contribution in [0.4, 0.5) is 26.5 Å². The van der Waals surface area contributed by atoms with Gasteiger partial charge < -0.3 is 19.4 Å². The third kappa shape index (κ3) is 8.32. The number of hydrogen-bond acceptors (Lipinski definition) is 8. The molecule has 50 heavy (non-hydrogen) atoms. The van der Waals surface area contributed by atoms with Gasteiger partial charge in [0.25, 0.3) is 0 Å². The van der Waals surface area contributed by atoms with Gasteiger partial charge in [-0.3, -0.25) is 19.8 Å². The molecule has 1 aliphatic rings. The molecule has 13 heteroatoms. The first-order valence-electron chi connectivity index (χ1n) is 17.2. The van der Waals surface area contributed by atoms with E-state index in [1.807, 2.05) is 31.7 Å². The molecule has 4 aromatic rings. The first-order valence-corrected chi connectivity index (χ1v) is 18.5. The predicted molar refractivity (Wildman–Crippen MR) is 198 cm³/mol. The molecule has 0 atom stereocenters. The number of fused-ring (bicyclic) bond motifs is 2. The highest BCUT2D eigenvalue weighted by atomic mass is 28.2. The Morgan fingerprint density at radius 2 is 1.78 bits per heavy atom. The lowest BCUT2D eigenvalue weighted by Crippen LogP contribution is -2.38. The molecule has 0 saturated heterocycles. The van der Waals surface area contributed by atoms with Gasteiger partial charge in [0.2, 0.25) is 5.91 Å². The smallest absolute Gasteiger partial charge is 0.412 e. The number of benzene rings is 1. The molecule has 2 amide bonds. The van der Waals surface area contributed by atoms with Crippen molar-refractivity contribution in [1.29, 1.82) is 0 Å². The van der Waals surface area contributed by atoms with Crippen molar-refractivity contribution in [2.75, 3.05) is 17.2 Å². The average molecular weight is 704 g/mol. The number of amides is 2. The number of ether oxygens (including phenoxy) is 1. The summed E-state index contributed by atoms with van der Waals surface area (Å²) in [5.74, 6) is 0.917. The molecule has 1 aliphatic heterocycles. The minimum absolute atomic E-state index is 0.0266. The summed E-state index contributed by atoms with van der Waals surface area (Å²) in [6, 6.07) is 5.56. The van der Waals surface area contributed by atoms with Gasteiger partial charge in [0.05, 0.1) is 12.3 Å². The van der Waals surface area contributed by atoms with E-state index in [9.17, 15) is 9.59 Å². The van der Waals surface area contributed by atoms with Crippen LogP contribution in [0.5, 0.6) is 0 Å². The Balaban J connectivity index is 1.51. The number of hydrogen-bond donors (Lipinski definition) is 2. The molecule has 268 valence electrons. The van der Waals surface area contributed by atoms with Crippen LogP contribution in [0.2, 0.25) is 5.04 Å². The van der Waals surface area contributed by atoms with E-state index in [1.54, 1.807) is 50.0 Å². The van der Waals surface area contributed by atoms with Crippen molar-refractivity contribution in [3.8, 4) is 11.1 Å². The predicted octanol–water partition coefficient (Wildman–Crippen LogP) is 7.28. The molecule has 1 aromatic carbocycles. The fourth-order valence-electron chi connectivity index (χ4n) is 5.75. The summed E-state index contributed by atoms with van der Waals surface area (Å²) in [6.07, 6.45) is 4.81. The zero-order valence-corrected chi connectivity index (χ0v) is 32.3. The van der Waals surface area contributed by atoms with Crippen molar-refractivity contribution in [3.63, 3.8) is 0 Å². The maximum absolute atomic E-state index is 16.6. The number of pyridine rings is 2. The second-order valence-corrected chi connectivity index (χ2v) is 17.9. The molecule has 2 N–H and O–H groups in total. The quantitative estimate of drug-likeness (QED) is 0.165. The number of nitrogens with zero attached hydrogens (tertiary/aromatic N) is 5. The molecule has 0 spiro atoms. The molecule has 0 unspecified atom stereocenters. The Kier molecular flexibility index (Phi) is 10.7. The van der Waals surface area contributed by atoms with Crippen LogP contribution in [0.3, 0.4) is 0 Å². The third-order valence-electron chi connectivity index (χ3n) is 9.45. The summed E-state index contributed by atoms with van der Waals surface area (Å²) in [5.41, 5.74) is 2.70. The molecular weight excluding hydrogens is 654 g/mol. The fourth-order valence-corrected chi connectivity index (χ4v) is 6.93. The zero-order chi connectivity index (χ0) is 36.5. The van der Waals surface area contributed by atoms with Gasteiger partial charge in [-0.15, -0.1) is 0 Å². The first-order chi connectivity index (χ1) is 23.4. The third-order valence-corrected chi connectivity index (χ3v) is 11.4. The van der Waals surface area contributed by atoms with Crippen LogP contribution < -0.4 is 10.6 Å². The van der Waals surface area contributed by atoms with Crippen molar-refractivity contribution in [2.24, 2.45) is 5.92 Å². The van der Waals surface area contributed by atoms with Crippen molar-refractivity contribution in [3.05, 3.63) is 59.4 Å². The van der Waals surface area contributed by atoms with Gasteiger partial charge >= 0.3 is 6.09 Å². The summed E-state index contributed by atoms with van der Waals surface area (Å²) < 4.78 is 30.1. The molecule has 5 rings (SSSR count). The van der Waals surface area contributed by atoms with E-state index in [1.165, 1.54) is 6.20 Å². The van der Waals surface area contributed by atoms with Crippen molar-refractivity contribution < 1.29 is 23.1 Å². The number of carbonyl (C=O) groups is 2. The van der Waals surface area contributed by atoms with Crippen LogP contribution in [-0.2, 0) is 33.5 Å². The molecule has 3 aromatic heterocycles. The topological polar surface area (TPSA) is 123 Å². The van der Waals surface area contributed by atoms with E-state index >= 15 is 4.39 Å². The lowest BCUT2D eigenvalue weighted by atomic mass is 9.96. The standard InChI is InChI=1S/C37H50FN7O4Si/c1-21(2)37(9,10)50-48-20-25-16-39-17-28(23(25)5)27-13-24-14-30(40-18-29(24)34(33(27)38)42-35(47)49-36(6,7)8)41-31-15-26-11-12-44(22(3)4)32(46)19-45(26)43-31/h13-18,21-22H,11-12,19-20,50H2,1-10H3,(H,42,47)(H,40,41,43). The Hall–Kier alpha value is -4.36. The minimum atomic E-state index is -0.856. The van der Waals surface area contributed by atoms with Crippen LogP contribution in [0.15, 0.2) is 36.8 Å². The van der Waals surface area contributed by atoms with Gasteiger partial charge in [0.1, 0.15) is 18.0 Å². The Labute approximate surface area is 296 Å². The van der Waals surface area contributed by atoms with Crippen LogP contribution in [0.25, 0.3) is 21.9 Å². The monoisotopic (exact) mass is 703 g/mol. The van der Waals surface area contributed by atoms with Gasteiger partial charge in [-0.05, 0) is 81.1 Å². The molecule has 4 heterocycles. The number of rotatable bonds is 10. The van der Waals surface area contributed by atoms with Gasteiger partial charge in [0, 0.05) is 65.9 Å². The van der Waals surface area contributed by atoms with Crippen LogP contribution >= 0.6 is 0 Å². The normalized spacial score (nSPS) is 14.2. The van der Waals surface area contributed by atoms with E-state index in [0.717, 1.165) is 16.8 Å². The average Bonchev–Trinajstić information content (AvgIpc) is 3.30. The first kappa shape index (κ1) is 36.9. The number of carbonyl (C=O) groups excluding carboxylic acids is 2. The van der Waals surface area contributed by atoms with E-state index in [2.05, 4.69) is 53.4 Å². The van der Waals surface area contributed by atoms with Gasteiger partial charge in [-0.1, -0.05) is 27.7 Å². The van der Waals surface area contributed by atoms with Crippen molar-refractivity contribution in [1.82, 2.24) is 24.6 Å². The highest BCUT2D eigenvalue weighted by Gasteiger charge is 2.26. The molecular formula is C37H50FN7O4Si. The molecule has 0 bridgehead atoms. The van der Waals surface area contributed by atoms with E-state index in [0.29, 0.717) is 53.5 Å². The van der Waals surface area contributed by atoms with Gasteiger partial charge in [-0.2, -0.15) is 5.10 Å². The Morgan fingerprint density at radius 1 is 1.04 bits per heavy atom. The lowest BCUT2D eigenvalue weighted by molar-refractivity contribution is -0.133. The number of aromatic nitrogens is 4. The number of halogens is 1. The zero-order valence-electron chi connectivity index (χ0n) is 30.9. The Bertz CT molecular complexity index is 1900. The summed E-state index contributed by atoms with van der Waals surface area (Å²) in [6.45, 7) is 21.2. The largest absolute Gasteiger partial charge is 0.444 e. The molecule has 0 aliphatic carbocycles. The van der Waals surface area contributed by atoms with E-state index < -0.39 is 27.3 Å². The molecule has 11 nitrogen and oxygen atoms in total. The van der Waals surface area contributed by atoms with Crippen molar-refractivity contribution in [2.45, 2.75) is 105 Å². The second-order valence-electron chi connectivity index (χ2n) is 15.4. The van der Waals surface area contributed by atoms with Crippen LogP contribution in [-0.4, -0.2) is 64.6 Å². The molecule has 0 fully saturated rings. The number of nitrogens with one attached hydrogen (secondary N) is 2. The van der Waals surface area contributed by atoms with E-state index in [4.69, 9.17) is 9.16 Å². The summed E-state index contributed by atoms with van der Waals surface area (Å²) in [5, 5.41) is 11.7. The summed E-state index contributed by atoms with van der Waals surface area (Å²) in [7, 11) is -0.856. The van der Waals surface area contributed by atoms with Crippen LogP contribution in [0, 0.1) is 18.7 Å². The van der Waals surface area contributed by atoms with Gasteiger partial charge in [-0.25, -0.2) is 14.2 Å². The Morgan fingerprint density at radius 3 is 2.46 bits per heavy atom. The second kappa shape index (κ2) is 14.5. The minimum Gasteiger partial charge on any atom is -0.444 e. The SMILES string of the molecule is Cc1c(CO[SiH2]C(C)(C)C(C)C)cncc1-c1cc2cc(Nc3cc4n(n3)CC(=O)N(C(C)C)CC4)ncc2c(NC(=O)OC(C)(C)C)c1F.